The van der Waals surface area contributed by atoms with Gasteiger partial charge in [0.1, 0.15) is 5.82 Å². The van der Waals surface area contributed by atoms with Crippen LogP contribution in [0, 0.1) is 5.92 Å². The Morgan fingerprint density at radius 1 is 1.29 bits per heavy atom. The molecule has 0 bridgehead atoms. The third kappa shape index (κ3) is 2.90. The summed E-state index contributed by atoms with van der Waals surface area (Å²) in [4.78, 5) is 20.3. The van der Waals surface area contributed by atoms with E-state index in [0.717, 1.165) is 18.7 Å². The Balaban J connectivity index is 1.96. The van der Waals surface area contributed by atoms with Crippen LogP contribution in [-0.4, -0.2) is 15.9 Å². The van der Waals surface area contributed by atoms with Crippen molar-refractivity contribution in [3.63, 3.8) is 0 Å². The van der Waals surface area contributed by atoms with Crippen LogP contribution in [0.15, 0.2) is 24.5 Å². The number of rotatable bonds is 3. The number of carbonyl (C=O) groups excluding carboxylic acids is 1. The summed E-state index contributed by atoms with van der Waals surface area (Å²) in [5.74, 6) is 1.22. The minimum absolute atomic E-state index is 0.0518. The van der Waals surface area contributed by atoms with Gasteiger partial charge in [0, 0.05) is 11.8 Å². The summed E-state index contributed by atoms with van der Waals surface area (Å²) in [6, 6.07) is 0. The fourth-order valence-electron chi connectivity index (χ4n) is 1.78. The summed E-state index contributed by atoms with van der Waals surface area (Å²) in [6.45, 7) is 4.08. The van der Waals surface area contributed by atoms with Crippen LogP contribution in [0.3, 0.4) is 0 Å². The second-order valence-corrected chi connectivity index (χ2v) is 4.61. The quantitative estimate of drug-likeness (QED) is 0.813. The molecule has 1 amide bonds. The van der Waals surface area contributed by atoms with Crippen molar-refractivity contribution in [3.05, 3.63) is 30.4 Å². The first-order chi connectivity index (χ1) is 8.16. The van der Waals surface area contributed by atoms with Gasteiger partial charge in [-0.1, -0.05) is 26.0 Å². The van der Waals surface area contributed by atoms with Crippen LogP contribution in [0.5, 0.6) is 0 Å². The second kappa shape index (κ2) is 5.08. The van der Waals surface area contributed by atoms with Gasteiger partial charge in [-0.2, -0.15) is 0 Å². The molecule has 0 spiro atoms. The molecule has 1 aliphatic carbocycles. The van der Waals surface area contributed by atoms with Crippen molar-refractivity contribution in [3.8, 4) is 0 Å². The van der Waals surface area contributed by atoms with Crippen LogP contribution < -0.4 is 5.32 Å². The van der Waals surface area contributed by atoms with E-state index in [4.69, 9.17) is 0 Å². The summed E-state index contributed by atoms with van der Waals surface area (Å²) < 4.78 is 0. The molecule has 1 N–H and O–H groups in total. The predicted octanol–water partition coefficient (Wildman–Crippen LogP) is 2.50. The van der Waals surface area contributed by atoms with E-state index in [9.17, 15) is 4.79 Å². The first-order valence-corrected chi connectivity index (χ1v) is 5.94. The SMILES string of the molecule is CC(C)c1ncc(NC(=O)C2CC=CC2)cn1. The monoisotopic (exact) mass is 231 g/mol. The van der Waals surface area contributed by atoms with Gasteiger partial charge < -0.3 is 5.32 Å². The van der Waals surface area contributed by atoms with Crippen molar-refractivity contribution < 1.29 is 4.79 Å². The number of nitrogens with one attached hydrogen (secondary N) is 1. The molecule has 17 heavy (non-hydrogen) atoms. The van der Waals surface area contributed by atoms with Crippen molar-refractivity contribution in [1.29, 1.82) is 0 Å². The molecular weight excluding hydrogens is 214 g/mol. The number of carbonyl (C=O) groups is 1. The van der Waals surface area contributed by atoms with Gasteiger partial charge in [-0.05, 0) is 12.8 Å². The summed E-state index contributed by atoms with van der Waals surface area (Å²) in [5, 5.41) is 2.85. The normalized spacial score (nSPS) is 15.5. The molecule has 1 aromatic heterocycles. The van der Waals surface area contributed by atoms with Crippen molar-refractivity contribution in [2.45, 2.75) is 32.6 Å². The van der Waals surface area contributed by atoms with Gasteiger partial charge in [0.15, 0.2) is 0 Å². The van der Waals surface area contributed by atoms with Gasteiger partial charge >= 0.3 is 0 Å². The van der Waals surface area contributed by atoms with Gasteiger partial charge in [-0.25, -0.2) is 9.97 Å². The first-order valence-electron chi connectivity index (χ1n) is 5.94. The van der Waals surface area contributed by atoms with Crippen LogP contribution in [0.4, 0.5) is 5.69 Å². The van der Waals surface area contributed by atoms with E-state index in [-0.39, 0.29) is 11.8 Å². The summed E-state index contributed by atoms with van der Waals surface area (Å²) >= 11 is 0. The zero-order valence-corrected chi connectivity index (χ0v) is 10.2. The molecule has 0 unspecified atom stereocenters. The van der Waals surface area contributed by atoms with E-state index >= 15 is 0 Å². The van der Waals surface area contributed by atoms with Crippen molar-refractivity contribution in [1.82, 2.24) is 9.97 Å². The molecular formula is C13H17N3O. The van der Waals surface area contributed by atoms with Crippen LogP contribution in [-0.2, 0) is 4.79 Å². The third-order valence-electron chi connectivity index (χ3n) is 2.83. The minimum Gasteiger partial charge on any atom is -0.323 e. The van der Waals surface area contributed by atoms with Crippen LogP contribution >= 0.6 is 0 Å². The fraction of sp³-hybridized carbons (Fsp3) is 0.462. The van der Waals surface area contributed by atoms with Gasteiger partial charge in [0.25, 0.3) is 0 Å². The maximum atomic E-state index is 11.8. The van der Waals surface area contributed by atoms with E-state index in [0.29, 0.717) is 11.6 Å². The highest BCUT2D eigenvalue weighted by molar-refractivity contribution is 5.92. The lowest BCUT2D eigenvalue weighted by atomic mass is 10.1. The van der Waals surface area contributed by atoms with Gasteiger partial charge in [0.05, 0.1) is 18.1 Å². The maximum Gasteiger partial charge on any atom is 0.228 e. The van der Waals surface area contributed by atoms with Crippen molar-refractivity contribution in [2.75, 3.05) is 5.32 Å². The molecule has 1 heterocycles. The number of aromatic nitrogens is 2. The highest BCUT2D eigenvalue weighted by Gasteiger charge is 2.19. The molecule has 0 aromatic carbocycles. The summed E-state index contributed by atoms with van der Waals surface area (Å²) in [6.07, 6.45) is 9.09. The number of allylic oxidation sites excluding steroid dienone is 2. The minimum atomic E-state index is 0.0518. The molecule has 0 atom stereocenters. The molecule has 2 rings (SSSR count). The number of hydrogen-bond donors (Lipinski definition) is 1. The number of nitrogens with zero attached hydrogens (tertiary/aromatic N) is 2. The van der Waals surface area contributed by atoms with Gasteiger partial charge in [-0.3, -0.25) is 4.79 Å². The Hall–Kier alpha value is -1.71. The van der Waals surface area contributed by atoms with E-state index < -0.39 is 0 Å². The third-order valence-corrected chi connectivity index (χ3v) is 2.83. The topological polar surface area (TPSA) is 54.9 Å². The molecule has 0 saturated heterocycles. The highest BCUT2D eigenvalue weighted by atomic mass is 16.1. The molecule has 1 aromatic rings. The Kier molecular flexibility index (Phi) is 3.52. The van der Waals surface area contributed by atoms with E-state index in [1.807, 2.05) is 26.0 Å². The zero-order valence-electron chi connectivity index (χ0n) is 10.2. The van der Waals surface area contributed by atoms with Gasteiger partial charge in [0.2, 0.25) is 5.91 Å². The van der Waals surface area contributed by atoms with Gasteiger partial charge in [-0.15, -0.1) is 0 Å². The largest absolute Gasteiger partial charge is 0.323 e. The highest BCUT2D eigenvalue weighted by Crippen LogP contribution is 2.19. The number of amides is 1. The molecule has 0 saturated carbocycles. The van der Waals surface area contributed by atoms with Crippen molar-refractivity contribution in [2.24, 2.45) is 5.92 Å². The Morgan fingerprint density at radius 3 is 2.41 bits per heavy atom. The predicted molar refractivity (Wildman–Crippen MR) is 66.6 cm³/mol. The molecule has 4 nitrogen and oxygen atoms in total. The molecule has 0 fully saturated rings. The average Bonchev–Trinajstić information content (AvgIpc) is 2.83. The van der Waals surface area contributed by atoms with Crippen molar-refractivity contribution >= 4 is 11.6 Å². The van der Waals surface area contributed by atoms with Crippen LogP contribution in [0.25, 0.3) is 0 Å². The molecule has 1 aliphatic rings. The maximum absolute atomic E-state index is 11.8. The zero-order chi connectivity index (χ0) is 12.3. The number of hydrogen-bond acceptors (Lipinski definition) is 3. The van der Waals surface area contributed by atoms with Crippen LogP contribution in [0.1, 0.15) is 38.4 Å². The Morgan fingerprint density at radius 2 is 1.88 bits per heavy atom. The number of anilines is 1. The Bertz CT molecular complexity index is 415. The van der Waals surface area contributed by atoms with E-state index in [1.165, 1.54) is 0 Å². The standard InChI is InChI=1S/C13H17N3O/c1-9(2)12-14-7-11(8-15-12)16-13(17)10-5-3-4-6-10/h3-4,7-10H,5-6H2,1-2H3,(H,16,17). The molecule has 4 heteroatoms. The lowest BCUT2D eigenvalue weighted by Gasteiger charge is -2.10. The molecule has 0 aliphatic heterocycles. The van der Waals surface area contributed by atoms with E-state index in [2.05, 4.69) is 15.3 Å². The summed E-state index contributed by atoms with van der Waals surface area (Å²) in [7, 11) is 0. The first kappa shape index (κ1) is 11.8. The smallest absolute Gasteiger partial charge is 0.228 e. The lowest BCUT2D eigenvalue weighted by molar-refractivity contribution is -0.119. The molecule has 90 valence electrons. The average molecular weight is 231 g/mol. The Labute approximate surface area is 101 Å². The summed E-state index contributed by atoms with van der Waals surface area (Å²) in [5.41, 5.74) is 0.673. The van der Waals surface area contributed by atoms with E-state index in [1.54, 1.807) is 12.4 Å². The fourth-order valence-corrected chi connectivity index (χ4v) is 1.78. The second-order valence-electron chi connectivity index (χ2n) is 4.61. The van der Waals surface area contributed by atoms with Crippen LogP contribution in [0.2, 0.25) is 0 Å². The molecule has 0 radical (unpaired) electrons. The lowest BCUT2D eigenvalue weighted by Crippen LogP contribution is -2.20.